The molecule has 2 aromatic heterocycles. The molecule has 7 heteroatoms. The van der Waals surface area contributed by atoms with Crippen LogP contribution in [0.1, 0.15) is 19.8 Å². The standard InChI is InChI=1S/C22H24N4O2S/c1-2-28-19-9-4-3-8-17(19)23-22(27)16-7-5-13-26(15-16)21-12-11-18(24-25-21)20-10-6-14-29-20/h3-4,6,8-12,14,16H,2,5,7,13,15H2,1H3,(H,23,27). The number of hydrogen-bond acceptors (Lipinski definition) is 6. The Hall–Kier alpha value is -2.93. The Kier molecular flexibility index (Phi) is 6.05. The lowest BCUT2D eigenvalue weighted by Gasteiger charge is -2.32. The molecule has 4 rings (SSSR count). The van der Waals surface area contributed by atoms with Crippen LogP contribution >= 0.6 is 11.3 Å². The van der Waals surface area contributed by atoms with Crippen molar-refractivity contribution in [1.82, 2.24) is 10.2 Å². The number of piperidine rings is 1. The quantitative estimate of drug-likeness (QED) is 0.652. The smallest absolute Gasteiger partial charge is 0.229 e. The van der Waals surface area contributed by atoms with E-state index in [9.17, 15) is 4.79 Å². The molecule has 150 valence electrons. The molecule has 1 N–H and O–H groups in total. The van der Waals surface area contributed by atoms with Crippen LogP contribution in [0.25, 0.3) is 10.6 Å². The van der Waals surface area contributed by atoms with Crippen molar-refractivity contribution in [1.29, 1.82) is 0 Å². The molecule has 6 nitrogen and oxygen atoms in total. The molecule has 0 saturated carbocycles. The van der Waals surface area contributed by atoms with E-state index >= 15 is 0 Å². The van der Waals surface area contributed by atoms with Crippen molar-refractivity contribution in [3.8, 4) is 16.3 Å². The third kappa shape index (κ3) is 4.56. The third-order valence-corrected chi connectivity index (χ3v) is 5.88. The molecule has 3 aromatic rings. The molecule has 0 radical (unpaired) electrons. The van der Waals surface area contributed by atoms with Gasteiger partial charge in [-0.2, -0.15) is 0 Å². The minimum atomic E-state index is -0.0998. The highest BCUT2D eigenvalue weighted by Crippen LogP contribution is 2.28. The van der Waals surface area contributed by atoms with Crippen molar-refractivity contribution in [2.75, 3.05) is 29.9 Å². The molecule has 1 aliphatic rings. The van der Waals surface area contributed by atoms with Crippen LogP contribution in [0, 0.1) is 5.92 Å². The number of nitrogens with one attached hydrogen (secondary N) is 1. The minimum absolute atomic E-state index is 0.0185. The van der Waals surface area contributed by atoms with Crippen molar-refractivity contribution in [3.05, 3.63) is 53.9 Å². The van der Waals surface area contributed by atoms with Crippen LogP contribution in [0.5, 0.6) is 5.75 Å². The van der Waals surface area contributed by atoms with Crippen molar-refractivity contribution in [2.24, 2.45) is 5.92 Å². The van der Waals surface area contributed by atoms with E-state index in [-0.39, 0.29) is 11.8 Å². The van der Waals surface area contributed by atoms with Gasteiger partial charge in [0.1, 0.15) is 11.4 Å². The highest BCUT2D eigenvalue weighted by atomic mass is 32.1. The van der Waals surface area contributed by atoms with Gasteiger partial charge < -0.3 is 15.0 Å². The third-order valence-electron chi connectivity index (χ3n) is 4.99. The normalized spacial score (nSPS) is 16.4. The summed E-state index contributed by atoms with van der Waals surface area (Å²) in [5.41, 5.74) is 1.60. The number of aromatic nitrogens is 2. The number of ether oxygens (including phenoxy) is 1. The van der Waals surface area contributed by atoms with Gasteiger partial charge in [-0.1, -0.05) is 18.2 Å². The van der Waals surface area contributed by atoms with E-state index in [0.29, 0.717) is 18.9 Å². The van der Waals surface area contributed by atoms with Crippen LogP contribution < -0.4 is 15.0 Å². The first kappa shape index (κ1) is 19.4. The maximum atomic E-state index is 12.9. The van der Waals surface area contributed by atoms with Crippen LogP contribution in [-0.2, 0) is 4.79 Å². The number of hydrogen-bond donors (Lipinski definition) is 1. The summed E-state index contributed by atoms with van der Waals surface area (Å²) < 4.78 is 5.61. The Labute approximate surface area is 174 Å². The molecule has 1 amide bonds. The molecule has 1 aromatic carbocycles. The van der Waals surface area contributed by atoms with Crippen molar-refractivity contribution >= 4 is 28.7 Å². The Morgan fingerprint density at radius 1 is 1.21 bits per heavy atom. The molecule has 1 aliphatic heterocycles. The van der Waals surface area contributed by atoms with Crippen LogP contribution in [0.2, 0.25) is 0 Å². The molecular weight excluding hydrogens is 384 g/mol. The second-order valence-electron chi connectivity index (χ2n) is 6.96. The number of carbonyl (C=O) groups is 1. The summed E-state index contributed by atoms with van der Waals surface area (Å²) >= 11 is 1.65. The molecular formula is C22H24N4O2S. The van der Waals surface area contributed by atoms with E-state index in [2.05, 4.69) is 20.4 Å². The summed E-state index contributed by atoms with van der Waals surface area (Å²) in [6.45, 7) is 4.01. The SMILES string of the molecule is CCOc1ccccc1NC(=O)C1CCCN(c2ccc(-c3cccs3)nn2)C1. The van der Waals surface area contributed by atoms with E-state index < -0.39 is 0 Å². The largest absolute Gasteiger partial charge is 0.492 e. The first-order chi connectivity index (χ1) is 14.2. The summed E-state index contributed by atoms with van der Waals surface area (Å²) in [5, 5.41) is 13.8. The maximum Gasteiger partial charge on any atom is 0.229 e. The zero-order chi connectivity index (χ0) is 20.1. The van der Waals surface area contributed by atoms with E-state index in [4.69, 9.17) is 4.74 Å². The molecule has 3 heterocycles. The number of carbonyl (C=O) groups excluding carboxylic acids is 1. The van der Waals surface area contributed by atoms with Gasteiger partial charge in [-0.15, -0.1) is 21.5 Å². The van der Waals surface area contributed by atoms with Gasteiger partial charge in [0.15, 0.2) is 5.82 Å². The van der Waals surface area contributed by atoms with Gasteiger partial charge in [0.25, 0.3) is 0 Å². The summed E-state index contributed by atoms with van der Waals surface area (Å²) in [4.78, 5) is 16.1. The highest BCUT2D eigenvalue weighted by Gasteiger charge is 2.27. The average molecular weight is 409 g/mol. The zero-order valence-corrected chi connectivity index (χ0v) is 17.2. The van der Waals surface area contributed by atoms with Crippen molar-refractivity contribution < 1.29 is 9.53 Å². The Morgan fingerprint density at radius 3 is 2.86 bits per heavy atom. The lowest BCUT2D eigenvalue weighted by atomic mass is 9.97. The number of benzene rings is 1. The average Bonchev–Trinajstić information content (AvgIpc) is 3.30. The fourth-order valence-corrected chi connectivity index (χ4v) is 4.23. The van der Waals surface area contributed by atoms with E-state index in [1.807, 2.05) is 60.8 Å². The lowest BCUT2D eigenvalue weighted by Crippen LogP contribution is -2.41. The molecule has 1 atom stereocenters. The van der Waals surface area contributed by atoms with Crippen LogP contribution in [-0.4, -0.2) is 35.8 Å². The predicted octanol–water partition coefficient (Wildman–Crippen LogP) is 4.46. The lowest BCUT2D eigenvalue weighted by molar-refractivity contribution is -0.120. The summed E-state index contributed by atoms with van der Waals surface area (Å²) in [6, 6.07) is 15.6. The molecule has 1 fully saturated rings. The fourth-order valence-electron chi connectivity index (χ4n) is 3.53. The molecule has 0 spiro atoms. The number of para-hydroxylation sites is 2. The van der Waals surface area contributed by atoms with E-state index in [1.54, 1.807) is 11.3 Å². The Balaban J connectivity index is 1.42. The summed E-state index contributed by atoms with van der Waals surface area (Å²) in [6.07, 6.45) is 1.80. The van der Waals surface area contributed by atoms with Crippen molar-refractivity contribution in [2.45, 2.75) is 19.8 Å². The molecule has 1 saturated heterocycles. The van der Waals surface area contributed by atoms with Gasteiger partial charge in [0.2, 0.25) is 5.91 Å². The summed E-state index contributed by atoms with van der Waals surface area (Å²) in [7, 11) is 0. The van der Waals surface area contributed by atoms with E-state index in [1.165, 1.54) is 0 Å². The topological polar surface area (TPSA) is 67.3 Å². The predicted molar refractivity (Wildman–Crippen MR) is 117 cm³/mol. The molecule has 0 bridgehead atoms. The number of thiophene rings is 1. The van der Waals surface area contributed by atoms with Crippen molar-refractivity contribution in [3.63, 3.8) is 0 Å². The number of amides is 1. The second-order valence-corrected chi connectivity index (χ2v) is 7.91. The maximum absolute atomic E-state index is 12.9. The molecule has 0 aliphatic carbocycles. The first-order valence-corrected chi connectivity index (χ1v) is 10.8. The van der Waals surface area contributed by atoms with Gasteiger partial charge in [0, 0.05) is 13.1 Å². The summed E-state index contributed by atoms with van der Waals surface area (Å²) in [5.74, 6) is 1.44. The number of nitrogens with zero attached hydrogens (tertiary/aromatic N) is 3. The Morgan fingerprint density at radius 2 is 2.10 bits per heavy atom. The monoisotopic (exact) mass is 408 g/mol. The van der Waals surface area contributed by atoms with Crippen LogP contribution in [0.4, 0.5) is 11.5 Å². The number of rotatable bonds is 6. The van der Waals surface area contributed by atoms with Gasteiger partial charge in [-0.3, -0.25) is 4.79 Å². The van der Waals surface area contributed by atoms with Gasteiger partial charge in [-0.05, 0) is 55.5 Å². The van der Waals surface area contributed by atoms with Crippen LogP contribution in [0.15, 0.2) is 53.9 Å². The second kappa shape index (κ2) is 9.05. The van der Waals surface area contributed by atoms with Gasteiger partial charge in [-0.25, -0.2) is 0 Å². The zero-order valence-electron chi connectivity index (χ0n) is 16.4. The highest BCUT2D eigenvalue weighted by molar-refractivity contribution is 7.13. The fraction of sp³-hybridized carbons (Fsp3) is 0.318. The number of anilines is 2. The molecule has 1 unspecified atom stereocenters. The first-order valence-electron chi connectivity index (χ1n) is 9.90. The Bertz CT molecular complexity index is 944. The van der Waals surface area contributed by atoms with Gasteiger partial charge >= 0.3 is 0 Å². The van der Waals surface area contributed by atoms with Crippen LogP contribution in [0.3, 0.4) is 0 Å². The van der Waals surface area contributed by atoms with Gasteiger partial charge in [0.05, 0.1) is 23.1 Å². The molecule has 29 heavy (non-hydrogen) atoms. The van der Waals surface area contributed by atoms with E-state index in [0.717, 1.165) is 41.5 Å². The minimum Gasteiger partial charge on any atom is -0.492 e.